The molecule has 0 aromatic carbocycles. The number of hydrogen-bond acceptors (Lipinski definition) is 4. The third kappa shape index (κ3) is 2.90. The number of nitrogens with zero attached hydrogens (tertiary/aromatic N) is 4. The standard InChI is InChI=1S/C17H24N4O2/c1-11(2)16-15(12(3)19-23-16)17(22)20-8-5-6-14(10-20)21-9-7-18-13(21)4/h7,9,11,14H,5-6,8,10H2,1-4H3/t14-/m1/s1. The average Bonchev–Trinajstić information content (AvgIpc) is 3.12. The molecule has 124 valence electrons. The van der Waals surface area contributed by atoms with Gasteiger partial charge in [0.2, 0.25) is 0 Å². The van der Waals surface area contributed by atoms with Gasteiger partial charge in [0, 0.05) is 31.4 Å². The number of aromatic nitrogens is 3. The minimum Gasteiger partial charge on any atom is -0.360 e. The number of rotatable bonds is 3. The number of imidazole rings is 1. The number of carbonyl (C=O) groups excluding carboxylic acids is 1. The first-order valence-corrected chi connectivity index (χ1v) is 8.24. The van der Waals surface area contributed by atoms with Gasteiger partial charge in [-0.05, 0) is 26.7 Å². The Morgan fingerprint density at radius 3 is 2.83 bits per heavy atom. The van der Waals surface area contributed by atoms with E-state index in [1.165, 1.54) is 0 Å². The molecule has 3 heterocycles. The fraction of sp³-hybridized carbons (Fsp3) is 0.588. The van der Waals surface area contributed by atoms with Gasteiger partial charge >= 0.3 is 0 Å². The molecule has 23 heavy (non-hydrogen) atoms. The van der Waals surface area contributed by atoms with Crippen molar-refractivity contribution in [2.75, 3.05) is 13.1 Å². The van der Waals surface area contributed by atoms with Gasteiger partial charge in [-0.3, -0.25) is 4.79 Å². The van der Waals surface area contributed by atoms with Crippen LogP contribution in [0.1, 0.15) is 66.3 Å². The van der Waals surface area contributed by atoms with Gasteiger partial charge in [-0.25, -0.2) is 4.98 Å². The Balaban J connectivity index is 1.83. The van der Waals surface area contributed by atoms with Crippen molar-refractivity contribution in [1.29, 1.82) is 0 Å². The molecule has 2 aromatic rings. The van der Waals surface area contributed by atoms with Crippen LogP contribution in [0.15, 0.2) is 16.9 Å². The second kappa shape index (κ2) is 6.18. The topological polar surface area (TPSA) is 64.2 Å². The third-order valence-electron chi connectivity index (χ3n) is 4.57. The molecule has 1 aliphatic heterocycles. The van der Waals surface area contributed by atoms with Crippen molar-refractivity contribution in [2.24, 2.45) is 0 Å². The van der Waals surface area contributed by atoms with Crippen LogP contribution < -0.4 is 0 Å². The van der Waals surface area contributed by atoms with Crippen LogP contribution in [-0.2, 0) is 0 Å². The number of aryl methyl sites for hydroxylation is 2. The van der Waals surface area contributed by atoms with Crippen LogP contribution in [0.5, 0.6) is 0 Å². The largest absolute Gasteiger partial charge is 0.360 e. The summed E-state index contributed by atoms with van der Waals surface area (Å²) in [7, 11) is 0. The summed E-state index contributed by atoms with van der Waals surface area (Å²) in [6.07, 6.45) is 5.88. The molecule has 0 N–H and O–H groups in total. The molecule has 0 bridgehead atoms. The molecular formula is C17H24N4O2. The minimum absolute atomic E-state index is 0.0370. The molecule has 0 spiro atoms. The third-order valence-corrected chi connectivity index (χ3v) is 4.57. The van der Waals surface area contributed by atoms with E-state index in [0.717, 1.165) is 25.2 Å². The van der Waals surface area contributed by atoms with Crippen LogP contribution in [0.3, 0.4) is 0 Å². The minimum atomic E-state index is 0.0370. The zero-order chi connectivity index (χ0) is 16.6. The highest BCUT2D eigenvalue weighted by Gasteiger charge is 2.30. The van der Waals surface area contributed by atoms with Crippen molar-refractivity contribution in [3.05, 3.63) is 35.2 Å². The van der Waals surface area contributed by atoms with Crippen LogP contribution in [0.25, 0.3) is 0 Å². The Bertz CT molecular complexity index is 701. The number of amides is 1. The van der Waals surface area contributed by atoms with E-state index < -0.39 is 0 Å². The summed E-state index contributed by atoms with van der Waals surface area (Å²) in [6, 6.07) is 0.290. The fourth-order valence-corrected chi connectivity index (χ4v) is 3.34. The summed E-state index contributed by atoms with van der Waals surface area (Å²) in [5, 5.41) is 4.00. The molecule has 1 atom stereocenters. The lowest BCUT2D eigenvalue weighted by molar-refractivity contribution is 0.0674. The molecule has 1 fully saturated rings. The van der Waals surface area contributed by atoms with E-state index in [-0.39, 0.29) is 17.9 Å². The molecule has 0 radical (unpaired) electrons. The van der Waals surface area contributed by atoms with E-state index in [2.05, 4.69) is 14.7 Å². The molecule has 0 unspecified atom stereocenters. The Morgan fingerprint density at radius 2 is 2.17 bits per heavy atom. The summed E-state index contributed by atoms with van der Waals surface area (Å²) in [4.78, 5) is 19.2. The number of piperidine rings is 1. The zero-order valence-electron chi connectivity index (χ0n) is 14.2. The van der Waals surface area contributed by atoms with Gasteiger partial charge in [-0.1, -0.05) is 19.0 Å². The molecular weight excluding hydrogens is 292 g/mol. The predicted molar refractivity (Wildman–Crippen MR) is 86.5 cm³/mol. The second-order valence-corrected chi connectivity index (χ2v) is 6.59. The average molecular weight is 316 g/mol. The van der Waals surface area contributed by atoms with E-state index in [1.54, 1.807) is 0 Å². The Kier molecular flexibility index (Phi) is 4.24. The number of carbonyl (C=O) groups is 1. The number of hydrogen-bond donors (Lipinski definition) is 0. The van der Waals surface area contributed by atoms with Crippen molar-refractivity contribution < 1.29 is 9.32 Å². The van der Waals surface area contributed by atoms with Crippen LogP contribution in [0, 0.1) is 13.8 Å². The van der Waals surface area contributed by atoms with Crippen molar-refractivity contribution >= 4 is 5.91 Å². The molecule has 0 aliphatic carbocycles. The molecule has 2 aromatic heterocycles. The highest BCUT2D eigenvalue weighted by molar-refractivity contribution is 5.96. The van der Waals surface area contributed by atoms with E-state index in [4.69, 9.17) is 4.52 Å². The second-order valence-electron chi connectivity index (χ2n) is 6.59. The SMILES string of the molecule is Cc1noc(C(C)C)c1C(=O)N1CCC[C@@H](n2ccnc2C)C1. The smallest absolute Gasteiger partial charge is 0.259 e. The Labute approximate surface area is 136 Å². The zero-order valence-corrected chi connectivity index (χ0v) is 14.2. The van der Waals surface area contributed by atoms with Gasteiger partial charge in [-0.15, -0.1) is 0 Å². The predicted octanol–water partition coefficient (Wildman–Crippen LogP) is 3.09. The summed E-state index contributed by atoms with van der Waals surface area (Å²) < 4.78 is 7.54. The summed E-state index contributed by atoms with van der Waals surface area (Å²) >= 11 is 0. The van der Waals surface area contributed by atoms with Gasteiger partial charge in [0.15, 0.2) is 5.76 Å². The van der Waals surface area contributed by atoms with Crippen molar-refractivity contribution in [2.45, 2.75) is 52.5 Å². The lowest BCUT2D eigenvalue weighted by Gasteiger charge is -2.34. The van der Waals surface area contributed by atoms with Crippen LogP contribution in [0.2, 0.25) is 0 Å². The first-order valence-electron chi connectivity index (χ1n) is 8.24. The summed E-state index contributed by atoms with van der Waals surface area (Å²) in [5.74, 6) is 1.86. The van der Waals surface area contributed by atoms with Gasteiger partial charge in [0.1, 0.15) is 11.4 Å². The molecule has 0 saturated carbocycles. The van der Waals surface area contributed by atoms with E-state index in [9.17, 15) is 4.79 Å². The molecule has 6 nitrogen and oxygen atoms in total. The van der Waals surface area contributed by atoms with Crippen LogP contribution in [0.4, 0.5) is 0 Å². The molecule has 6 heteroatoms. The molecule has 3 rings (SSSR count). The van der Waals surface area contributed by atoms with Crippen LogP contribution >= 0.6 is 0 Å². The normalized spacial score (nSPS) is 18.7. The highest BCUT2D eigenvalue weighted by atomic mass is 16.5. The first kappa shape index (κ1) is 15.8. The number of likely N-dealkylation sites (tertiary alicyclic amines) is 1. The summed E-state index contributed by atoms with van der Waals surface area (Å²) in [6.45, 7) is 9.37. The molecule has 1 amide bonds. The molecule has 1 saturated heterocycles. The summed E-state index contributed by atoms with van der Waals surface area (Å²) in [5.41, 5.74) is 1.32. The lowest BCUT2D eigenvalue weighted by Crippen LogP contribution is -2.41. The van der Waals surface area contributed by atoms with Gasteiger partial charge in [0.05, 0.1) is 11.7 Å². The first-order chi connectivity index (χ1) is 11.0. The van der Waals surface area contributed by atoms with E-state index >= 15 is 0 Å². The van der Waals surface area contributed by atoms with Gasteiger partial charge in [-0.2, -0.15) is 0 Å². The van der Waals surface area contributed by atoms with Crippen molar-refractivity contribution in [3.63, 3.8) is 0 Å². The van der Waals surface area contributed by atoms with E-state index in [1.807, 2.05) is 45.0 Å². The maximum atomic E-state index is 13.0. The van der Waals surface area contributed by atoms with Gasteiger partial charge in [0.25, 0.3) is 5.91 Å². The van der Waals surface area contributed by atoms with Gasteiger partial charge < -0.3 is 14.0 Å². The van der Waals surface area contributed by atoms with E-state index in [0.29, 0.717) is 23.6 Å². The Morgan fingerprint density at radius 1 is 1.39 bits per heavy atom. The monoisotopic (exact) mass is 316 g/mol. The fourth-order valence-electron chi connectivity index (χ4n) is 3.34. The maximum absolute atomic E-state index is 13.0. The van der Waals surface area contributed by atoms with Crippen molar-refractivity contribution in [3.8, 4) is 0 Å². The quantitative estimate of drug-likeness (QED) is 0.873. The highest BCUT2D eigenvalue weighted by Crippen LogP contribution is 2.28. The lowest BCUT2D eigenvalue weighted by atomic mass is 10.0. The van der Waals surface area contributed by atoms with Crippen molar-refractivity contribution in [1.82, 2.24) is 19.6 Å². The Hall–Kier alpha value is -2.11. The van der Waals surface area contributed by atoms with Crippen LogP contribution in [-0.4, -0.2) is 38.6 Å². The maximum Gasteiger partial charge on any atom is 0.259 e. The molecule has 1 aliphatic rings.